The van der Waals surface area contributed by atoms with E-state index in [4.69, 9.17) is 0 Å². The number of nitrogens with one attached hydrogen (secondary N) is 1. The average Bonchev–Trinajstić information content (AvgIpc) is 2.85. The van der Waals surface area contributed by atoms with Gasteiger partial charge in [-0.1, -0.05) is 17.2 Å². The molecule has 0 atom stereocenters. The van der Waals surface area contributed by atoms with Crippen LogP contribution >= 0.6 is 0 Å². The van der Waals surface area contributed by atoms with Gasteiger partial charge in [-0.2, -0.15) is 5.10 Å². The molecule has 0 spiro atoms. The molecule has 20 heavy (non-hydrogen) atoms. The second-order valence-electron chi connectivity index (χ2n) is 4.95. The first-order valence-corrected chi connectivity index (χ1v) is 6.45. The van der Waals surface area contributed by atoms with Crippen molar-refractivity contribution in [2.24, 2.45) is 0 Å². The summed E-state index contributed by atoms with van der Waals surface area (Å²) in [6, 6.07) is 11.5. The average molecular weight is 265 g/mol. The first-order valence-electron chi connectivity index (χ1n) is 6.45. The topological polar surface area (TPSA) is 46.4 Å². The van der Waals surface area contributed by atoms with Gasteiger partial charge >= 0.3 is 0 Å². The largest absolute Gasteiger partial charge is 0.322 e. The van der Waals surface area contributed by atoms with Crippen LogP contribution in [0.5, 0.6) is 0 Å². The fraction of sp³-hybridized carbons (Fsp3) is 0.125. The summed E-state index contributed by atoms with van der Waals surface area (Å²) >= 11 is 0. The first kappa shape index (κ1) is 12.4. The maximum Gasteiger partial charge on any atom is 0.255 e. The number of aryl methyl sites for hydroxylation is 2. The molecule has 4 heteroatoms. The number of nitrogens with zero attached hydrogens (tertiary/aromatic N) is 2. The summed E-state index contributed by atoms with van der Waals surface area (Å²) in [6.07, 6.45) is 3.55. The van der Waals surface area contributed by atoms with Crippen LogP contribution in [0, 0.1) is 13.8 Å². The highest BCUT2D eigenvalue weighted by Gasteiger charge is 2.07. The molecule has 0 unspecified atom stereocenters. The second-order valence-corrected chi connectivity index (χ2v) is 4.95. The number of rotatable bonds is 2. The van der Waals surface area contributed by atoms with Crippen LogP contribution in [0.2, 0.25) is 0 Å². The van der Waals surface area contributed by atoms with E-state index in [1.807, 2.05) is 50.4 Å². The van der Waals surface area contributed by atoms with Crippen molar-refractivity contribution < 1.29 is 4.79 Å². The van der Waals surface area contributed by atoms with E-state index < -0.39 is 0 Å². The van der Waals surface area contributed by atoms with Crippen molar-refractivity contribution in [1.82, 2.24) is 9.61 Å². The van der Waals surface area contributed by atoms with E-state index in [-0.39, 0.29) is 5.91 Å². The fourth-order valence-electron chi connectivity index (χ4n) is 2.31. The lowest BCUT2D eigenvalue weighted by Gasteiger charge is -2.07. The van der Waals surface area contributed by atoms with E-state index in [0.717, 1.165) is 22.3 Å². The third-order valence-corrected chi connectivity index (χ3v) is 3.14. The van der Waals surface area contributed by atoms with Gasteiger partial charge in [-0.3, -0.25) is 4.79 Å². The van der Waals surface area contributed by atoms with E-state index in [0.29, 0.717) is 5.56 Å². The minimum Gasteiger partial charge on any atom is -0.322 e. The highest BCUT2D eigenvalue weighted by atomic mass is 16.1. The summed E-state index contributed by atoms with van der Waals surface area (Å²) in [5.74, 6) is -0.0966. The summed E-state index contributed by atoms with van der Waals surface area (Å²) in [6.45, 7) is 3.98. The van der Waals surface area contributed by atoms with Crippen molar-refractivity contribution in [1.29, 1.82) is 0 Å². The Labute approximate surface area is 117 Å². The molecule has 0 bridgehead atoms. The molecule has 100 valence electrons. The van der Waals surface area contributed by atoms with E-state index in [9.17, 15) is 4.79 Å². The Balaban J connectivity index is 1.87. The number of benzene rings is 1. The summed E-state index contributed by atoms with van der Waals surface area (Å²) in [5.41, 5.74) is 4.56. The lowest BCUT2D eigenvalue weighted by Crippen LogP contribution is -2.12. The normalized spacial score (nSPS) is 10.7. The Hall–Kier alpha value is -2.62. The van der Waals surface area contributed by atoms with Gasteiger partial charge in [0, 0.05) is 23.6 Å². The van der Waals surface area contributed by atoms with Gasteiger partial charge in [0.25, 0.3) is 5.91 Å². The number of pyridine rings is 1. The van der Waals surface area contributed by atoms with Crippen molar-refractivity contribution in [2.45, 2.75) is 13.8 Å². The van der Waals surface area contributed by atoms with E-state index in [2.05, 4.69) is 16.5 Å². The zero-order valence-corrected chi connectivity index (χ0v) is 11.4. The van der Waals surface area contributed by atoms with Crippen LogP contribution in [0.4, 0.5) is 5.69 Å². The smallest absolute Gasteiger partial charge is 0.255 e. The molecular weight excluding hydrogens is 250 g/mol. The molecule has 2 aromatic heterocycles. The predicted molar refractivity (Wildman–Crippen MR) is 79.1 cm³/mol. The number of fused-ring (bicyclic) bond motifs is 1. The maximum atomic E-state index is 12.3. The van der Waals surface area contributed by atoms with Crippen molar-refractivity contribution in [3.05, 3.63) is 65.5 Å². The molecule has 1 aromatic carbocycles. The van der Waals surface area contributed by atoms with Crippen molar-refractivity contribution in [3.63, 3.8) is 0 Å². The van der Waals surface area contributed by atoms with Gasteiger partial charge in [-0.15, -0.1) is 0 Å². The van der Waals surface area contributed by atoms with Crippen LogP contribution < -0.4 is 5.32 Å². The molecule has 3 rings (SSSR count). The summed E-state index contributed by atoms with van der Waals surface area (Å²) in [4.78, 5) is 12.3. The van der Waals surface area contributed by atoms with Crippen LogP contribution in [0.3, 0.4) is 0 Å². The second kappa shape index (κ2) is 4.81. The number of hydrogen-bond donors (Lipinski definition) is 1. The zero-order chi connectivity index (χ0) is 14.1. The summed E-state index contributed by atoms with van der Waals surface area (Å²) < 4.78 is 1.76. The quantitative estimate of drug-likeness (QED) is 0.773. The standard InChI is InChI=1S/C16H15N3O/c1-11-7-12(2)9-13(8-11)16(20)18-14-4-6-19-15(10-14)3-5-17-19/h3-10H,1-2H3,(H,18,20). The van der Waals surface area contributed by atoms with Crippen LogP contribution in [0.25, 0.3) is 5.52 Å². The SMILES string of the molecule is Cc1cc(C)cc(C(=O)Nc2ccn3nccc3c2)c1. The van der Waals surface area contributed by atoms with Crippen LogP contribution in [0.1, 0.15) is 21.5 Å². The molecule has 1 N–H and O–H groups in total. The number of carbonyl (C=O) groups excluding carboxylic acids is 1. The molecular formula is C16H15N3O. The molecule has 0 radical (unpaired) electrons. The van der Waals surface area contributed by atoms with Gasteiger partial charge in [0.05, 0.1) is 5.52 Å². The minimum absolute atomic E-state index is 0.0966. The molecule has 1 amide bonds. The lowest BCUT2D eigenvalue weighted by molar-refractivity contribution is 0.102. The molecule has 0 saturated heterocycles. The number of hydrogen-bond acceptors (Lipinski definition) is 2. The summed E-state index contributed by atoms with van der Waals surface area (Å²) in [5, 5.41) is 7.04. The predicted octanol–water partition coefficient (Wildman–Crippen LogP) is 3.20. The molecule has 0 saturated carbocycles. The van der Waals surface area contributed by atoms with Crippen LogP contribution in [0.15, 0.2) is 48.8 Å². The Morgan fingerprint density at radius 3 is 2.60 bits per heavy atom. The third-order valence-electron chi connectivity index (χ3n) is 3.14. The highest BCUT2D eigenvalue weighted by Crippen LogP contribution is 2.14. The highest BCUT2D eigenvalue weighted by molar-refractivity contribution is 6.04. The summed E-state index contributed by atoms with van der Waals surface area (Å²) in [7, 11) is 0. The molecule has 0 fully saturated rings. The van der Waals surface area contributed by atoms with Crippen molar-refractivity contribution in [3.8, 4) is 0 Å². The Kier molecular flexibility index (Phi) is 2.99. The van der Waals surface area contributed by atoms with Gasteiger partial charge in [0.2, 0.25) is 0 Å². The van der Waals surface area contributed by atoms with Gasteiger partial charge in [-0.05, 0) is 44.2 Å². The van der Waals surface area contributed by atoms with Gasteiger partial charge in [0.1, 0.15) is 0 Å². The van der Waals surface area contributed by atoms with Crippen molar-refractivity contribution >= 4 is 17.1 Å². The lowest BCUT2D eigenvalue weighted by atomic mass is 10.1. The minimum atomic E-state index is -0.0966. The molecule has 4 nitrogen and oxygen atoms in total. The van der Waals surface area contributed by atoms with Crippen LogP contribution in [-0.2, 0) is 0 Å². The monoisotopic (exact) mass is 265 g/mol. The van der Waals surface area contributed by atoms with Gasteiger partial charge in [0.15, 0.2) is 0 Å². The molecule has 0 aliphatic rings. The number of carbonyl (C=O) groups is 1. The Morgan fingerprint density at radius 2 is 1.85 bits per heavy atom. The van der Waals surface area contributed by atoms with E-state index >= 15 is 0 Å². The van der Waals surface area contributed by atoms with E-state index in [1.165, 1.54) is 0 Å². The number of amides is 1. The van der Waals surface area contributed by atoms with Crippen LogP contribution in [-0.4, -0.2) is 15.5 Å². The molecule has 2 heterocycles. The molecule has 3 aromatic rings. The number of anilines is 1. The number of aromatic nitrogens is 2. The van der Waals surface area contributed by atoms with Gasteiger partial charge < -0.3 is 5.32 Å². The Morgan fingerprint density at radius 1 is 1.10 bits per heavy atom. The molecule has 0 aliphatic heterocycles. The third kappa shape index (κ3) is 2.40. The van der Waals surface area contributed by atoms with E-state index in [1.54, 1.807) is 10.7 Å². The zero-order valence-electron chi connectivity index (χ0n) is 11.4. The molecule has 0 aliphatic carbocycles. The fourth-order valence-corrected chi connectivity index (χ4v) is 2.31. The Bertz CT molecular complexity index is 769. The van der Waals surface area contributed by atoms with Crippen molar-refractivity contribution in [2.75, 3.05) is 5.32 Å². The first-order chi connectivity index (χ1) is 9.61. The van der Waals surface area contributed by atoms with Gasteiger partial charge in [-0.25, -0.2) is 4.52 Å². The maximum absolute atomic E-state index is 12.3.